The van der Waals surface area contributed by atoms with E-state index in [0.717, 1.165) is 63.4 Å². The quantitative estimate of drug-likeness (QED) is 0.310. The van der Waals surface area contributed by atoms with Crippen molar-refractivity contribution in [3.8, 4) is 0 Å². The molecule has 0 aromatic heterocycles. The second-order valence-electron chi connectivity index (χ2n) is 10.3. The summed E-state index contributed by atoms with van der Waals surface area (Å²) in [4.78, 5) is 22.9. The highest BCUT2D eigenvalue weighted by Gasteiger charge is 2.47. The van der Waals surface area contributed by atoms with E-state index in [-0.39, 0.29) is 29.0 Å². The first kappa shape index (κ1) is 25.1. The molecule has 1 unspecified atom stereocenters. The Hall–Kier alpha value is -1.17. The van der Waals surface area contributed by atoms with Gasteiger partial charge in [-0.3, -0.25) is 4.79 Å². The van der Waals surface area contributed by atoms with Crippen LogP contribution in [0.25, 0.3) is 0 Å². The minimum Gasteiger partial charge on any atom is -0.469 e. The maximum atomic E-state index is 11.7. The van der Waals surface area contributed by atoms with Crippen LogP contribution >= 0.6 is 0 Å². The Morgan fingerprint density at radius 3 is 2.60 bits per heavy atom. The van der Waals surface area contributed by atoms with Crippen LogP contribution in [0.3, 0.4) is 0 Å². The Morgan fingerprint density at radius 1 is 1.33 bits per heavy atom. The van der Waals surface area contributed by atoms with Crippen molar-refractivity contribution in [2.45, 2.75) is 110 Å². The number of methoxy groups -OCH3 is 1. The summed E-state index contributed by atoms with van der Waals surface area (Å²) >= 11 is 0. The van der Waals surface area contributed by atoms with Gasteiger partial charge in [-0.15, -0.1) is 0 Å². The molecule has 30 heavy (non-hydrogen) atoms. The largest absolute Gasteiger partial charge is 0.469 e. The van der Waals surface area contributed by atoms with Gasteiger partial charge in [0.05, 0.1) is 18.6 Å². The van der Waals surface area contributed by atoms with Crippen molar-refractivity contribution in [3.63, 3.8) is 0 Å². The SMILES string of the molecule is C=C1CCCC(C)(C)C1(O)CC/C(C)=C/CC[C@]1(C)CC[C@@H]([C@@H](C)C(=O)OC)OO1. The molecule has 0 aromatic rings. The maximum absolute atomic E-state index is 11.7. The van der Waals surface area contributed by atoms with Crippen LogP contribution in [0.2, 0.25) is 0 Å². The molecule has 2 aliphatic rings. The molecule has 4 atom stereocenters. The smallest absolute Gasteiger partial charge is 0.311 e. The van der Waals surface area contributed by atoms with Crippen molar-refractivity contribution in [2.75, 3.05) is 7.11 Å². The van der Waals surface area contributed by atoms with E-state index >= 15 is 0 Å². The topological polar surface area (TPSA) is 65.0 Å². The standard InChI is InChI=1S/C25H42O5/c1-18(12-17-25(27)19(2)11-9-14-23(25,4)5)10-8-15-24(6)16-13-21(29-30-24)20(3)22(26)28-7/h10,20-21,27H,2,8-9,11-17H2,1,3-7H3/b18-10+/t20-,21+,24-,25?/m1/s1. The van der Waals surface area contributed by atoms with Crippen molar-refractivity contribution in [1.29, 1.82) is 0 Å². The second kappa shape index (κ2) is 9.97. The molecule has 5 nitrogen and oxygen atoms in total. The Bertz CT molecular complexity index is 642. The second-order valence-corrected chi connectivity index (χ2v) is 10.3. The Balaban J connectivity index is 1.81. The molecule has 1 saturated carbocycles. The fraction of sp³-hybridized carbons (Fsp3) is 0.800. The molecule has 0 spiro atoms. The van der Waals surface area contributed by atoms with Crippen molar-refractivity contribution in [1.82, 2.24) is 0 Å². The van der Waals surface area contributed by atoms with Crippen LogP contribution < -0.4 is 0 Å². The summed E-state index contributed by atoms with van der Waals surface area (Å²) in [6.45, 7) is 14.5. The highest BCUT2D eigenvalue weighted by molar-refractivity contribution is 5.72. The number of rotatable bonds is 8. The van der Waals surface area contributed by atoms with Crippen LogP contribution in [0.15, 0.2) is 23.8 Å². The third-order valence-corrected chi connectivity index (χ3v) is 7.49. The average Bonchev–Trinajstić information content (AvgIpc) is 2.70. The van der Waals surface area contributed by atoms with E-state index in [4.69, 9.17) is 14.5 Å². The molecule has 5 heteroatoms. The molecular weight excluding hydrogens is 380 g/mol. The number of esters is 1. The number of aliphatic hydroxyl groups is 1. The molecular formula is C25H42O5. The summed E-state index contributed by atoms with van der Waals surface area (Å²) in [6.07, 6.45) is 10.0. The van der Waals surface area contributed by atoms with Gasteiger partial charge in [-0.05, 0) is 89.5 Å². The molecule has 0 amide bonds. The predicted molar refractivity (Wildman–Crippen MR) is 119 cm³/mol. The minimum atomic E-state index is -0.780. The molecule has 1 aliphatic carbocycles. The van der Waals surface area contributed by atoms with E-state index in [1.165, 1.54) is 12.7 Å². The van der Waals surface area contributed by atoms with E-state index in [0.29, 0.717) is 0 Å². The minimum absolute atomic E-state index is 0.124. The van der Waals surface area contributed by atoms with Gasteiger partial charge < -0.3 is 9.84 Å². The predicted octanol–water partition coefficient (Wildman–Crippen LogP) is 5.67. The summed E-state index contributed by atoms with van der Waals surface area (Å²) < 4.78 is 4.80. The number of carbonyl (C=O) groups excluding carboxylic acids is 1. The zero-order valence-corrected chi connectivity index (χ0v) is 19.9. The molecule has 172 valence electrons. The Labute approximate surface area is 182 Å². The van der Waals surface area contributed by atoms with Gasteiger partial charge in [-0.2, -0.15) is 0 Å². The van der Waals surface area contributed by atoms with Crippen LogP contribution in [0.4, 0.5) is 0 Å². The van der Waals surface area contributed by atoms with Crippen LogP contribution in [0, 0.1) is 11.3 Å². The molecule has 2 rings (SSSR count). The van der Waals surface area contributed by atoms with Gasteiger partial charge in [0.2, 0.25) is 0 Å². The van der Waals surface area contributed by atoms with Crippen molar-refractivity contribution >= 4 is 5.97 Å². The van der Waals surface area contributed by atoms with Crippen molar-refractivity contribution in [3.05, 3.63) is 23.8 Å². The molecule has 1 saturated heterocycles. The number of carbonyl (C=O) groups is 1. The molecule has 0 aromatic carbocycles. The number of hydrogen-bond acceptors (Lipinski definition) is 5. The van der Waals surface area contributed by atoms with Crippen molar-refractivity contribution < 1.29 is 24.4 Å². The van der Waals surface area contributed by atoms with Gasteiger partial charge in [-0.1, -0.05) is 32.1 Å². The number of ether oxygens (including phenoxy) is 1. The third kappa shape index (κ3) is 5.74. The first-order valence-corrected chi connectivity index (χ1v) is 11.4. The summed E-state index contributed by atoms with van der Waals surface area (Å²) in [7, 11) is 1.39. The highest BCUT2D eigenvalue weighted by Crippen LogP contribution is 2.49. The van der Waals surface area contributed by atoms with Gasteiger partial charge >= 0.3 is 5.97 Å². The molecule has 1 N–H and O–H groups in total. The lowest BCUT2D eigenvalue weighted by Crippen LogP contribution is -2.48. The van der Waals surface area contributed by atoms with Crippen LogP contribution in [0.5, 0.6) is 0 Å². The van der Waals surface area contributed by atoms with Gasteiger partial charge in [0, 0.05) is 0 Å². The molecule has 0 radical (unpaired) electrons. The Kier molecular flexibility index (Phi) is 8.34. The van der Waals surface area contributed by atoms with Gasteiger partial charge in [0.1, 0.15) is 11.7 Å². The van der Waals surface area contributed by atoms with Gasteiger partial charge in [0.25, 0.3) is 0 Å². The Morgan fingerprint density at radius 2 is 2.03 bits per heavy atom. The first-order valence-electron chi connectivity index (χ1n) is 11.4. The average molecular weight is 423 g/mol. The summed E-state index contributed by atoms with van der Waals surface area (Å²) in [6, 6.07) is 0. The number of allylic oxidation sites excluding steroid dienone is 2. The lowest BCUT2D eigenvalue weighted by atomic mass is 9.61. The first-order chi connectivity index (χ1) is 13.9. The normalized spacial score (nSPS) is 33.2. The van der Waals surface area contributed by atoms with Crippen LogP contribution in [0.1, 0.15) is 92.4 Å². The molecule has 2 fully saturated rings. The summed E-state index contributed by atoms with van der Waals surface area (Å²) in [5.74, 6) is -0.595. The zero-order valence-electron chi connectivity index (χ0n) is 19.9. The van der Waals surface area contributed by atoms with E-state index in [2.05, 4.69) is 40.3 Å². The fourth-order valence-electron chi connectivity index (χ4n) is 4.81. The van der Waals surface area contributed by atoms with Gasteiger partial charge in [-0.25, -0.2) is 9.78 Å². The molecule has 0 bridgehead atoms. The van der Waals surface area contributed by atoms with E-state index in [9.17, 15) is 9.90 Å². The fourth-order valence-corrected chi connectivity index (χ4v) is 4.81. The monoisotopic (exact) mass is 422 g/mol. The van der Waals surface area contributed by atoms with Gasteiger partial charge in [0.15, 0.2) is 0 Å². The van der Waals surface area contributed by atoms with Crippen LogP contribution in [-0.2, 0) is 19.3 Å². The number of hydrogen-bond donors (Lipinski definition) is 1. The van der Waals surface area contributed by atoms with Crippen LogP contribution in [-0.4, -0.2) is 35.5 Å². The van der Waals surface area contributed by atoms with E-state index < -0.39 is 5.60 Å². The third-order valence-electron chi connectivity index (χ3n) is 7.49. The van der Waals surface area contributed by atoms with E-state index in [1.807, 2.05) is 6.92 Å². The molecule has 1 aliphatic heterocycles. The lowest BCUT2D eigenvalue weighted by molar-refractivity contribution is -0.411. The summed E-state index contributed by atoms with van der Waals surface area (Å²) in [5.41, 5.74) is 1.03. The molecule has 1 heterocycles. The lowest BCUT2D eigenvalue weighted by Gasteiger charge is -2.48. The highest BCUT2D eigenvalue weighted by atomic mass is 17.2. The van der Waals surface area contributed by atoms with E-state index in [1.54, 1.807) is 0 Å². The van der Waals surface area contributed by atoms with Crippen molar-refractivity contribution in [2.24, 2.45) is 11.3 Å². The maximum Gasteiger partial charge on any atom is 0.311 e. The summed E-state index contributed by atoms with van der Waals surface area (Å²) in [5, 5.41) is 11.3. The zero-order chi connectivity index (χ0) is 22.6.